The lowest BCUT2D eigenvalue weighted by Crippen LogP contribution is -2.39. The van der Waals surface area contributed by atoms with Crippen LogP contribution in [0.4, 0.5) is 22.0 Å². The maximum absolute atomic E-state index is 13.2. The van der Waals surface area contributed by atoms with Gasteiger partial charge in [-0.25, -0.2) is 23.7 Å². The fourth-order valence-corrected chi connectivity index (χ4v) is 3.17. The van der Waals surface area contributed by atoms with E-state index in [0.29, 0.717) is 18.9 Å². The summed E-state index contributed by atoms with van der Waals surface area (Å²) in [6.45, 7) is 0. The molecule has 0 unspecified atom stereocenters. The second kappa shape index (κ2) is 7.80. The summed E-state index contributed by atoms with van der Waals surface area (Å²) in [5.74, 6) is -1.78. The van der Waals surface area contributed by atoms with E-state index in [4.69, 9.17) is 0 Å². The van der Waals surface area contributed by atoms with Gasteiger partial charge in [-0.2, -0.15) is 13.2 Å². The quantitative estimate of drug-likeness (QED) is 0.794. The van der Waals surface area contributed by atoms with E-state index in [-0.39, 0.29) is 30.4 Å². The van der Waals surface area contributed by atoms with Crippen molar-refractivity contribution in [1.29, 1.82) is 0 Å². The smallest absolute Gasteiger partial charge is 0.348 e. The summed E-state index contributed by atoms with van der Waals surface area (Å²) < 4.78 is 66.5. The zero-order chi connectivity index (χ0) is 20.5. The van der Waals surface area contributed by atoms with Crippen LogP contribution in [-0.2, 0) is 13.2 Å². The van der Waals surface area contributed by atoms with Gasteiger partial charge in [-0.05, 0) is 25.7 Å². The lowest BCUT2D eigenvalue weighted by molar-refractivity contribution is -0.141. The van der Waals surface area contributed by atoms with Gasteiger partial charge in [-0.1, -0.05) is 0 Å². The van der Waals surface area contributed by atoms with Crippen LogP contribution in [0, 0.1) is 5.92 Å². The molecule has 11 heteroatoms. The van der Waals surface area contributed by atoms with Gasteiger partial charge >= 0.3 is 6.18 Å². The van der Waals surface area contributed by atoms with Gasteiger partial charge in [0.2, 0.25) is 6.43 Å². The molecule has 0 bridgehead atoms. The van der Waals surface area contributed by atoms with Crippen molar-refractivity contribution in [2.75, 3.05) is 0 Å². The number of alkyl halides is 5. The minimum atomic E-state index is -4.76. The molecule has 1 aliphatic carbocycles. The van der Waals surface area contributed by atoms with Crippen molar-refractivity contribution in [2.45, 2.75) is 44.3 Å². The summed E-state index contributed by atoms with van der Waals surface area (Å²) in [7, 11) is 1.56. The molecule has 2 aromatic rings. The number of carbonyl (C=O) groups is 1. The van der Waals surface area contributed by atoms with Crippen LogP contribution in [0.2, 0.25) is 0 Å². The van der Waals surface area contributed by atoms with Gasteiger partial charge in [0.1, 0.15) is 17.1 Å². The first-order chi connectivity index (χ1) is 13.1. The number of nitrogens with one attached hydrogen (secondary N) is 1. The van der Waals surface area contributed by atoms with Crippen molar-refractivity contribution in [1.82, 2.24) is 24.8 Å². The molecule has 1 fully saturated rings. The predicted molar refractivity (Wildman–Crippen MR) is 88.5 cm³/mol. The van der Waals surface area contributed by atoms with Crippen molar-refractivity contribution in [3.63, 3.8) is 0 Å². The van der Waals surface area contributed by atoms with E-state index in [1.54, 1.807) is 7.05 Å². The summed E-state index contributed by atoms with van der Waals surface area (Å²) in [5.41, 5.74) is -1.46. The van der Waals surface area contributed by atoms with Gasteiger partial charge in [0.05, 0.1) is 12.5 Å². The molecule has 0 radical (unpaired) electrons. The summed E-state index contributed by atoms with van der Waals surface area (Å²) in [6, 6.07) is 0.201. The first-order valence-electron chi connectivity index (χ1n) is 8.67. The molecule has 1 aliphatic rings. The van der Waals surface area contributed by atoms with Crippen LogP contribution in [-0.4, -0.2) is 37.9 Å². The van der Waals surface area contributed by atoms with Gasteiger partial charge < -0.3 is 9.88 Å². The van der Waals surface area contributed by atoms with E-state index < -0.39 is 35.8 Å². The molecule has 1 saturated carbocycles. The first-order valence-corrected chi connectivity index (χ1v) is 8.67. The average Bonchev–Trinajstić information content (AvgIpc) is 3.07. The van der Waals surface area contributed by atoms with E-state index >= 15 is 0 Å². The lowest BCUT2D eigenvalue weighted by atomic mass is 9.86. The third-order valence-corrected chi connectivity index (χ3v) is 4.76. The molecule has 3 rings (SSSR count). The molecular weight excluding hydrogens is 385 g/mol. The predicted octanol–water partition coefficient (Wildman–Crippen LogP) is 3.45. The number of halogens is 5. The Labute approximate surface area is 157 Å². The number of hydrogen-bond acceptors (Lipinski definition) is 4. The fourth-order valence-electron chi connectivity index (χ4n) is 3.17. The van der Waals surface area contributed by atoms with Gasteiger partial charge in [0.25, 0.3) is 5.91 Å². The number of aryl methyl sites for hydroxylation is 1. The molecule has 0 saturated heterocycles. The van der Waals surface area contributed by atoms with E-state index in [2.05, 4.69) is 20.3 Å². The third kappa shape index (κ3) is 4.45. The second-order valence-corrected chi connectivity index (χ2v) is 6.77. The van der Waals surface area contributed by atoms with Crippen molar-refractivity contribution < 1.29 is 26.7 Å². The lowest BCUT2D eigenvalue weighted by Gasteiger charge is -2.28. The Morgan fingerprint density at radius 2 is 1.89 bits per heavy atom. The highest BCUT2D eigenvalue weighted by atomic mass is 19.4. The molecule has 6 nitrogen and oxygen atoms in total. The largest absolute Gasteiger partial charge is 0.433 e. The third-order valence-electron chi connectivity index (χ3n) is 4.76. The fraction of sp³-hybridized carbons (Fsp3) is 0.529. The van der Waals surface area contributed by atoms with Gasteiger partial charge in [-0.3, -0.25) is 4.79 Å². The van der Waals surface area contributed by atoms with Gasteiger partial charge in [-0.15, -0.1) is 0 Å². The minimum absolute atomic E-state index is 0.220. The summed E-state index contributed by atoms with van der Waals surface area (Å²) >= 11 is 0. The normalized spacial score (nSPS) is 20.4. The van der Waals surface area contributed by atoms with Crippen LogP contribution < -0.4 is 5.32 Å². The Morgan fingerprint density at radius 1 is 1.21 bits per heavy atom. The standard InChI is InChI=1S/C17H18F5N5O/c1-27-8-23-7-12(27)15-25-11(6-13(26-15)17(20,21)22)16(28)24-10-4-2-9(3-5-10)14(18)19/h6-10,14H,2-5H2,1H3,(H,24,28)/t9-,10-. The van der Waals surface area contributed by atoms with Gasteiger partial charge in [0, 0.05) is 25.1 Å². The van der Waals surface area contributed by atoms with Crippen LogP contribution in [0.3, 0.4) is 0 Å². The van der Waals surface area contributed by atoms with E-state index in [1.165, 1.54) is 17.1 Å². The highest BCUT2D eigenvalue weighted by molar-refractivity contribution is 5.93. The number of rotatable bonds is 4. The first kappa shape index (κ1) is 20.2. The van der Waals surface area contributed by atoms with Crippen LogP contribution in [0.1, 0.15) is 41.9 Å². The maximum atomic E-state index is 13.2. The van der Waals surface area contributed by atoms with Crippen molar-refractivity contribution in [3.8, 4) is 11.5 Å². The van der Waals surface area contributed by atoms with Gasteiger partial charge in [0.15, 0.2) is 5.82 Å². The Bertz CT molecular complexity index is 843. The molecule has 2 aromatic heterocycles. The maximum Gasteiger partial charge on any atom is 0.433 e. The number of amides is 1. The number of carbonyl (C=O) groups excluding carboxylic acids is 1. The molecule has 1 N–H and O–H groups in total. The van der Waals surface area contributed by atoms with Crippen molar-refractivity contribution in [3.05, 3.63) is 30.0 Å². The Morgan fingerprint density at radius 3 is 2.43 bits per heavy atom. The number of imidazole rings is 1. The average molecular weight is 403 g/mol. The SMILES string of the molecule is Cn1cncc1-c1nc(C(=O)N[C@H]2CC[C@H](C(F)F)CC2)cc(C(F)(F)F)n1. The monoisotopic (exact) mass is 403 g/mol. The number of nitrogens with zero attached hydrogens (tertiary/aromatic N) is 4. The summed E-state index contributed by atoms with van der Waals surface area (Å²) in [6.07, 6.45) is -3.32. The van der Waals surface area contributed by atoms with Crippen LogP contribution in [0.25, 0.3) is 11.5 Å². The Hall–Kier alpha value is -2.59. The van der Waals surface area contributed by atoms with E-state index in [0.717, 1.165) is 0 Å². The van der Waals surface area contributed by atoms with E-state index in [1.807, 2.05) is 0 Å². The molecule has 152 valence electrons. The minimum Gasteiger partial charge on any atom is -0.348 e. The second-order valence-electron chi connectivity index (χ2n) is 6.77. The molecule has 0 spiro atoms. The summed E-state index contributed by atoms with van der Waals surface area (Å²) in [5, 5.41) is 2.60. The molecule has 0 aliphatic heterocycles. The number of hydrogen-bond donors (Lipinski definition) is 1. The van der Waals surface area contributed by atoms with Crippen molar-refractivity contribution in [2.24, 2.45) is 13.0 Å². The molecule has 28 heavy (non-hydrogen) atoms. The van der Waals surface area contributed by atoms with Crippen molar-refractivity contribution >= 4 is 5.91 Å². The summed E-state index contributed by atoms with van der Waals surface area (Å²) in [4.78, 5) is 23.8. The Balaban J connectivity index is 1.82. The molecule has 1 amide bonds. The Kier molecular flexibility index (Phi) is 5.61. The number of aromatic nitrogens is 4. The van der Waals surface area contributed by atoms with Crippen LogP contribution in [0.5, 0.6) is 0 Å². The zero-order valence-electron chi connectivity index (χ0n) is 14.9. The molecule has 0 atom stereocenters. The van der Waals surface area contributed by atoms with Crippen LogP contribution >= 0.6 is 0 Å². The van der Waals surface area contributed by atoms with E-state index in [9.17, 15) is 26.7 Å². The highest BCUT2D eigenvalue weighted by Crippen LogP contribution is 2.31. The highest BCUT2D eigenvalue weighted by Gasteiger charge is 2.35. The zero-order valence-corrected chi connectivity index (χ0v) is 14.9. The molecule has 0 aromatic carbocycles. The molecule has 2 heterocycles. The molecular formula is C17H18F5N5O. The topological polar surface area (TPSA) is 72.7 Å². The van der Waals surface area contributed by atoms with Crippen LogP contribution in [0.15, 0.2) is 18.6 Å².